The maximum atomic E-state index is 12.4. The first-order chi connectivity index (χ1) is 12.6. The fraction of sp³-hybridized carbons (Fsp3) is 0.105. The van der Waals surface area contributed by atoms with E-state index in [1.165, 1.54) is 11.3 Å². The third-order valence-corrected chi connectivity index (χ3v) is 5.23. The van der Waals surface area contributed by atoms with Gasteiger partial charge in [-0.2, -0.15) is 0 Å². The van der Waals surface area contributed by atoms with E-state index < -0.39 is 0 Å². The van der Waals surface area contributed by atoms with Crippen LogP contribution in [0.15, 0.2) is 54.2 Å². The number of nitrogens with one attached hydrogen (secondary N) is 1. The Kier molecular flexibility index (Phi) is 4.44. The monoisotopic (exact) mass is 382 g/mol. The van der Waals surface area contributed by atoms with Crippen molar-refractivity contribution < 1.29 is 4.79 Å². The van der Waals surface area contributed by atoms with Gasteiger partial charge in [0, 0.05) is 16.0 Å². The lowest BCUT2D eigenvalue weighted by atomic mass is 10.1. The third kappa shape index (κ3) is 3.34. The molecule has 0 saturated carbocycles. The smallest absolute Gasteiger partial charge is 0.246 e. The van der Waals surface area contributed by atoms with E-state index in [1.54, 1.807) is 6.33 Å². The molecule has 7 heteroatoms. The standard InChI is InChI=1S/C19H15ClN4OS/c1-12-8-13(6-7-14(12)20)16-10-26-19(22-16)23-18(25)9-24-11-21-15-4-2-3-5-17(15)24/h2-8,10-11H,9H2,1H3,(H,22,23,25). The number of hydrogen-bond acceptors (Lipinski definition) is 4. The topological polar surface area (TPSA) is 59.8 Å². The molecule has 2 aromatic carbocycles. The molecule has 4 aromatic rings. The van der Waals surface area contributed by atoms with Gasteiger partial charge in [-0.15, -0.1) is 11.3 Å². The molecule has 2 aromatic heterocycles. The molecule has 4 rings (SSSR count). The maximum absolute atomic E-state index is 12.4. The summed E-state index contributed by atoms with van der Waals surface area (Å²) >= 11 is 7.47. The Hall–Kier alpha value is -2.70. The number of amides is 1. The maximum Gasteiger partial charge on any atom is 0.246 e. The van der Waals surface area contributed by atoms with E-state index in [-0.39, 0.29) is 12.5 Å². The van der Waals surface area contributed by atoms with E-state index in [4.69, 9.17) is 11.6 Å². The van der Waals surface area contributed by atoms with Crippen LogP contribution in [-0.2, 0) is 11.3 Å². The number of hydrogen-bond donors (Lipinski definition) is 1. The molecule has 1 N–H and O–H groups in total. The highest BCUT2D eigenvalue weighted by Gasteiger charge is 2.11. The van der Waals surface area contributed by atoms with Crippen molar-refractivity contribution in [2.75, 3.05) is 5.32 Å². The highest BCUT2D eigenvalue weighted by Crippen LogP contribution is 2.28. The molecule has 0 radical (unpaired) electrons. The minimum absolute atomic E-state index is 0.138. The van der Waals surface area contributed by atoms with E-state index in [9.17, 15) is 4.79 Å². The summed E-state index contributed by atoms with van der Waals surface area (Å²) in [5.41, 5.74) is 4.59. The van der Waals surface area contributed by atoms with Crippen LogP contribution in [-0.4, -0.2) is 20.4 Å². The summed E-state index contributed by atoms with van der Waals surface area (Å²) in [6.45, 7) is 2.14. The number of halogens is 1. The lowest BCUT2D eigenvalue weighted by Gasteiger charge is -2.04. The summed E-state index contributed by atoms with van der Waals surface area (Å²) in [5, 5.41) is 6.07. The molecule has 2 heterocycles. The van der Waals surface area contributed by atoms with Gasteiger partial charge in [0.15, 0.2) is 5.13 Å². The van der Waals surface area contributed by atoms with Crippen LogP contribution in [0.25, 0.3) is 22.3 Å². The Balaban J connectivity index is 1.48. The van der Waals surface area contributed by atoms with Gasteiger partial charge >= 0.3 is 0 Å². The summed E-state index contributed by atoms with van der Waals surface area (Å²) in [6, 6.07) is 13.5. The molecule has 0 aliphatic heterocycles. The lowest BCUT2D eigenvalue weighted by molar-refractivity contribution is -0.116. The summed E-state index contributed by atoms with van der Waals surface area (Å²) in [4.78, 5) is 21.2. The molecule has 26 heavy (non-hydrogen) atoms. The van der Waals surface area contributed by atoms with Crippen molar-refractivity contribution in [3.8, 4) is 11.3 Å². The van der Waals surface area contributed by atoms with Gasteiger partial charge in [0.2, 0.25) is 5.91 Å². The van der Waals surface area contributed by atoms with Gasteiger partial charge in [0.25, 0.3) is 0 Å². The number of fused-ring (bicyclic) bond motifs is 1. The molecule has 0 unspecified atom stereocenters. The average Bonchev–Trinajstić information content (AvgIpc) is 3.25. The van der Waals surface area contributed by atoms with Gasteiger partial charge in [-0.1, -0.05) is 29.8 Å². The molecule has 0 fully saturated rings. The fourth-order valence-electron chi connectivity index (χ4n) is 2.72. The molecule has 0 aliphatic carbocycles. The number of aromatic nitrogens is 3. The summed E-state index contributed by atoms with van der Waals surface area (Å²) < 4.78 is 1.82. The normalized spacial score (nSPS) is 11.0. The number of carbonyl (C=O) groups is 1. The molecule has 0 spiro atoms. The van der Waals surface area contributed by atoms with Crippen LogP contribution in [0.3, 0.4) is 0 Å². The second-order valence-electron chi connectivity index (χ2n) is 5.91. The molecule has 130 valence electrons. The highest BCUT2D eigenvalue weighted by atomic mass is 35.5. The number of thiazole rings is 1. The lowest BCUT2D eigenvalue weighted by Crippen LogP contribution is -2.18. The highest BCUT2D eigenvalue weighted by molar-refractivity contribution is 7.14. The zero-order valence-corrected chi connectivity index (χ0v) is 15.5. The number of aryl methyl sites for hydroxylation is 1. The van der Waals surface area contributed by atoms with Crippen LogP contribution >= 0.6 is 22.9 Å². The van der Waals surface area contributed by atoms with E-state index in [0.29, 0.717) is 5.13 Å². The van der Waals surface area contributed by atoms with Gasteiger partial charge in [0.1, 0.15) is 6.54 Å². The van der Waals surface area contributed by atoms with Crippen molar-refractivity contribution in [1.29, 1.82) is 0 Å². The van der Waals surface area contributed by atoms with Crippen LogP contribution < -0.4 is 5.32 Å². The van der Waals surface area contributed by atoms with Crippen LogP contribution in [0, 0.1) is 6.92 Å². The number of carbonyl (C=O) groups excluding carboxylic acids is 1. The van der Waals surface area contributed by atoms with Crippen LogP contribution in [0.2, 0.25) is 5.02 Å². The van der Waals surface area contributed by atoms with Crippen molar-refractivity contribution >= 4 is 45.0 Å². The molecule has 5 nitrogen and oxygen atoms in total. The zero-order valence-electron chi connectivity index (χ0n) is 13.9. The molecular formula is C19H15ClN4OS. The zero-order chi connectivity index (χ0) is 18.1. The van der Waals surface area contributed by atoms with Crippen molar-refractivity contribution in [3.63, 3.8) is 0 Å². The van der Waals surface area contributed by atoms with Gasteiger partial charge in [0.05, 0.1) is 23.1 Å². The van der Waals surface area contributed by atoms with Gasteiger partial charge in [-0.3, -0.25) is 4.79 Å². The van der Waals surface area contributed by atoms with E-state index in [1.807, 2.05) is 59.3 Å². The SMILES string of the molecule is Cc1cc(-c2csc(NC(=O)Cn3cnc4ccccc43)n2)ccc1Cl. The number of benzene rings is 2. The Morgan fingerprint density at radius 2 is 2.12 bits per heavy atom. The molecule has 0 aliphatic rings. The number of imidazole rings is 1. The van der Waals surface area contributed by atoms with Gasteiger partial charge in [-0.25, -0.2) is 9.97 Å². The largest absolute Gasteiger partial charge is 0.321 e. The first-order valence-electron chi connectivity index (χ1n) is 8.02. The third-order valence-electron chi connectivity index (χ3n) is 4.05. The fourth-order valence-corrected chi connectivity index (χ4v) is 3.57. The quantitative estimate of drug-likeness (QED) is 0.553. The minimum atomic E-state index is -0.138. The van der Waals surface area contributed by atoms with Crippen molar-refractivity contribution in [3.05, 3.63) is 64.8 Å². The predicted molar refractivity (Wildman–Crippen MR) is 106 cm³/mol. The van der Waals surface area contributed by atoms with Gasteiger partial charge in [-0.05, 0) is 36.8 Å². The van der Waals surface area contributed by atoms with Crippen molar-refractivity contribution in [2.24, 2.45) is 0 Å². The summed E-state index contributed by atoms with van der Waals surface area (Å²) in [7, 11) is 0. The first kappa shape index (κ1) is 16.8. The summed E-state index contributed by atoms with van der Waals surface area (Å²) in [5.74, 6) is -0.138. The van der Waals surface area contributed by atoms with E-state index in [0.717, 1.165) is 32.9 Å². The number of para-hydroxylation sites is 2. The van der Waals surface area contributed by atoms with Crippen molar-refractivity contribution in [1.82, 2.24) is 14.5 Å². The number of nitrogens with zero attached hydrogens (tertiary/aromatic N) is 3. The molecule has 0 atom stereocenters. The molecular weight excluding hydrogens is 368 g/mol. The van der Waals surface area contributed by atoms with Crippen molar-refractivity contribution in [2.45, 2.75) is 13.5 Å². The Labute approximate surface area is 159 Å². The van der Waals surface area contributed by atoms with E-state index >= 15 is 0 Å². The second kappa shape index (κ2) is 6.90. The number of rotatable bonds is 4. The van der Waals surface area contributed by atoms with Crippen LogP contribution in [0.4, 0.5) is 5.13 Å². The minimum Gasteiger partial charge on any atom is -0.321 e. The number of anilines is 1. The Bertz CT molecular complexity index is 1100. The van der Waals surface area contributed by atoms with Gasteiger partial charge < -0.3 is 9.88 Å². The molecule has 1 amide bonds. The first-order valence-corrected chi connectivity index (χ1v) is 9.28. The second-order valence-corrected chi connectivity index (χ2v) is 7.18. The Morgan fingerprint density at radius 3 is 2.96 bits per heavy atom. The van der Waals surface area contributed by atoms with Crippen LogP contribution in [0.5, 0.6) is 0 Å². The average molecular weight is 383 g/mol. The Morgan fingerprint density at radius 1 is 1.27 bits per heavy atom. The van der Waals surface area contributed by atoms with Crippen LogP contribution in [0.1, 0.15) is 5.56 Å². The molecule has 0 saturated heterocycles. The summed E-state index contributed by atoms with van der Waals surface area (Å²) in [6.07, 6.45) is 1.67. The molecule has 0 bridgehead atoms. The predicted octanol–water partition coefficient (Wildman–Crippen LogP) is 4.76. The van der Waals surface area contributed by atoms with E-state index in [2.05, 4.69) is 15.3 Å².